The van der Waals surface area contributed by atoms with Gasteiger partial charge in [0.2, 0.25) is 0 Å². The van der Waals surface area contributed by atoms with Crippen molar-refractivity contribution in [3.63, 3.8) is 0 Å². The summed E-state index contributed by atoms with van der Waals surface area (Å²) in [6.07, 6.45) is -0.188. The number of phenolic OH excluding ortho intramolecular Hbond substituents is 2. The van der Waals surface area contributed by atoms with E-state index in [4.69, 9.17) is 6.17 Å². The van der Waals surface area contributed by atoms with Crippen molar-refractivity contribution >= 4 is 11.8 Å². The first-order chi connectivity index (χ1) is 13.0. The zero-order chi connectivity index (χ0) is 19.0. The molecule has 0 aromatic heterocycles. The number of hydrogen-bond acceptors (Lipinski definition) is 4. The molecule has 26 heavy (non-hydrogen) atoms. The smallest absolute Gasteiger partial charge is 0.293 e. The van der Waals surface area contributed by atoms with E-state index in [0.717, 1.165) is 21.8 Å². The first-order valence-electron chi connectivity index (χ1n) is 8.92. The van der Waals surface area contributed by atoms with Crippen LogP contribution in [-0.4, -0.2) is 11.6 Å². The Balaban J connectivity index is 1.79. The Labute approximate surface area is 158 Å². The van der Waals surface area contributed by atoms with Crippen molar-refractivity contribution in [2.45, 2.75) is 30.1 Å². The summed E-state index contributed by atoms with van der Waals surface area (Å²) in [6, 6.07) is 19.0. The minimum atomic E-state index is -0.188. The second-order valence-corrected chi connectivity index (χ2v) is 7.80. The van der Waals surface area contributed by atoms with Crippen molar-refractivity contribution in [3.05, 3.63) is 82.9 Å². The van der Waals surface area contributed by atoms with Crippen LogP contribution in [0.15, 0.2) is 65.6 Å². The Morgan fingerprint density at radius 3 is 2.27 bits per heavy atom. The van der Waals surface area contributed by atoms with Crippen LogP contribution >= 0.6 is 11.8 Å². The monoisotopic (exact) mass is 366 g/mol. The fraction of sp³-hybridized carbons (Fsp3) is 0.182. The van der Waals surface area contributed by atoms with Gasteiger partial charge < -0.3 is 15.0 Å². The first kappa shape index (κ1) is 15.6. The van der Waals surface area contributed by atoms with Gasteiger partial charge in [-0.15, -0.1) is 11.8 Å². The molecule has 3 aromatic carbocycles. The lowest BCUT2D eigenvalue weighted by Gasteiger charge is -2.34. The van der Waals surface area contributed by atoms with Crippen molar-refractivity contribution in [2.24, 2.45) is 0 Å². The summed E-state index contributed by atoms with van der Waals surface area (Å²) in [5.74, 6) is 1.65. The average molecular weight is 366 g/mol. The number of rotatable bonds is 3. The minimum Gasteiger partial charge on any atom is -0.508 e. The molecule has 0 radical (unpaired) electrons. The van der Waals surface area contributed by atoms with E-state index in [2.05, 4.69) is 31.1 Å². The van der Waals surface area contributed by atoms with Crippen LogP contribution < -0.4 is 4.74 Å². The highest BCUT2D eigenvalue weighted by Gasteiger charge is 2.34. The maximum Gasteiger partial charge on any atom is 0.293 e. The lowest BCUT2D eigenvalue weighted by molar-refractivity contribution is 0.190. The number of aromatic hydroxyl groups is 2. The maximum atomic E-state index is 9.65. The second-order valence-electron chi connectivity index (χ2n) is 6.65. The number of benzene rings is 3. The predicted octanol–water partition coefficient (Wildman–Crippen LogP) is 5.68. The minimum absolute atomic E-state index is 0.0447. The first-order valence-corrected chi connectivity index (χ1v) is 9.40. The zero-order valence-electron chi connectivity index (χ0n) is 15.6. The van der Waals surface area contributed by atoms with E-state index in [1.807, 2.05) is 24.3 Å². The molecule has 0 saturated heterocycles. The van der Waals surface area contributed by atoms with Crippen LogP contribution in [0, 0.1) is 13.8 Å². The summed E-state index contributed by atoms with van der Waals surface area (Å²) in [7, 11) is 0. The van der Waals surface area contributed by atoms with Crippen molar-refractivity contribution in [1.82, 2.24) is 0 Å². The third kappa shape index (κ3) is 3.13. The van der Waals surface area contributed by atoms with Crippen LogP contribution in [0.3, 0.4) is 0 Å². The number of fused-ring (bicyclic) bond motifs is 1. The molecule has 132 valence electrons. The lowest BCUT2D eigenvalue weighted by atomic mass is 9.99. The van der Waals surface area contributed by atoms with Crippen LogP contribution in [0.25, 0.3) is 0 Å². The lowest BCUT2D eigenvalue weighted by Crippen LogP contribution is -2.19. The van der Waals surface area contributed by atoms with Gasteiger partial charge in [-0.2, -0.15) is 0 Å². The van der Waals surface area contributed by atoms with E-state index in [1.165, 1.54) is 11.1 Å². The van der Waals surface area contributed by atoms with Crippen molar-refractivity contribution in [3.8, 4) is 17.2 Å². The van der Waals surface area contributed by atoms with Gasteiger partial charge in [0.05, 0.1) is 10.1 Å². The molecule has 0 bridgehead atoms. The maximum absolute atomic E-state index is 9.65. The van der Waals surface area contributed by atoms with Crippen LogP contribution in [0.5, 0.6) is 17.2 Å². The summed E-state index contributed by atoms with van der Waals surface area (Å²) in [5.41, 5.74) is 4.49. The highest BCUT2D eigenvalue weighted by molar-refractivity contribution is 7.99. The fourth-order valence-electron chi connectivity index (χ4n) is 3.35. The van der Waals surface area contributed by atoms with Crippen molar-refractivity contribution in [1.29, 1.82) is 1.43 Å². The van der Waals surface area contributed by atoms with Gasteiger partial charge in [-0.3, -0.25) is 0 Å². The Hall–Kier alpha value is -2.59. The predicted molar refractivity (Wildman–Crippen MR) is 104 cm³/mol. The molecule has 3 nitrogen and oxygen atoms in total. The molecule has 1 aliphatic rings. The largest absolute Gasteiger partial charge is 0.508 e. The van der Waals surface area contributed by atoms with Gasteiger partial charge in [-0.05, 0) is 66.4 Å². The fourth-order valence-corrected chi connectivity index (χ4v) is 4.70. The number of aryl methyl sites for hydroxylation is 2. The summed E-state index contributed by atoms with van der Waals surface area (Å²) < 4.78 is 13.5. The summed E-state index contributed by atoms with van der Waals surface area (Å²) >= 11 is 1.79. The quantitative estimate of drug-likeness (QED) is 0.626. The van der Waals surface area contributed by atoms with E-state index >= 15 is 0 Å². The normalized spacial score (nSPS) is 19.2. The van der Waals surface area contributed by atoms with Gasteiger partial charge in [0.15, 0.2) is 0 Å². The molecule has 1 aliphatic heterocycles. The van der Waals surface area contributed by atoms with Gasteiger partial charge in [-0.1, -0.05) is 30.3 Å². The van der Waals surface area contributed by atoms with Crippen LogP contribution in [0.2, 0.25) is 0 Å². The third-order valence-corrected chi connectivity index (χ3v) is 6.12. The zero-order valence-corrected chi connectivity index (χ0v) is 15.4. The average Bonchev–Trinajstić information content (AvgIpc) is 2.68. The molecule has 4 rings (SSSR count). The highest BCUT2D eigenvalue weighted by Crippen LogP contribution is 2.54. The Bertz CT molecular complexity index is 955. The van der Waals surface area contributed by atoms with Crippen LogP contribution in [0.4, 0.5) is 0 Å². The summed E-state index contributed by atoms with van der Waals surface area (Å²) in [5, 5.41) is 14.2. The van der Waals surface area contributed by atoms with E-state index in [9.17, 15) is 5.11 Å². The molecule has 0 aliphatic carbocycles. The second kappa shape index (κ2) is 6.61. The van der Waals surface area contributed by atoms with Gasteiger partial charge in [0.1, 0.15) is 23.4 Å². The Morgan fingerprint density at radius 1 is 0.923 bits per heavy atom. The van der Waals surface area contributed by atoms with E-state index in [-0.39, 0.29) is 17.1 Å². The Morgan fingerprint density at radius 2 is 1.58 bits per heavy atom. The SMILES string of the molecule is [3H]Oc1ccc([C@@H]2Sc3c(C)cc(C)cc3O[C@@H]2c2ccc(O)cc2)cc1. The topological polar surface area (TPSA) is 49.7 Å². The number of hydrogen-bond donors (Lipinski definition) is 2. The number of ether oxygens (including phenoxy) is 1. The van der Waals surface area contributed by atoms with Gasteiger partial charge in [-0.25, -0.2) is 0 Å². The number of phenols is 2. The molecule has 0 amide bonds. The van der Waals surface area contributed by atoms with Gasteiger partial charge in [0.25, 0.3) is 1.43 Å². The molecule has 0 fully saturated rings. The van der Waals surface area contributed by atoms with E-state index in [0.29, 0.717) is 5.75 Å². The highest BCUT2D eigenvalue weighted by atomic mass is 32.2. The molecule has 2 atom stereocenters. The van der Waals surface area contributed by atoms with Crippen molar-refractivity contribution < 1.29 is 15.0 Å². The molecule has 4 heteroatoms. The molecule has 0 unspecified atom stereocenters. The van der Waals surface area contributed by atoms with Crippen LogP contribution in [0.1, 0.15) is 33.6 Å². The molecule has 2 N–H and O–H groups in total. The van der Waals surface area contributed by atoms with Gasteiger partial charge >= 0.3 is 0 Å². The third-order valence-electron chi connectivity index (χ3n) is 4.59. The van der Waals surface area contributed by atoms with Gasteiger partial charge in [0, 0.05) is 0 Å². The molecular formula is C22H20O3S. The standard InChI is InChI=1S/C22H20O3S/c1-13-11-14(2)21-19(12-13)25-20(15-3-7-17(23)8-4-15)22(26-21)16-5-9-18(24)10-6-16/h3-12,20,22-24H,1-2H3/t20-,22+/m1/s1/i/hT. The van der Waals surface area contributed by atoms with Crippen molar-refractivity contribution in [2.75, 3.05) is 0 Å². The Kier molecular flexibility index (Phi) is 3.98. The molecule has 1 heterocycles. The molecule has 0 spiro atoms. The molecule has 3 aromatic rings. The van der Waals surface area contributed by atoms with E-state index in [1.54, 1.807) is 36.0 Å². The summed E-state index contributed by atoms with van der Waals surface area (Å²) in [4.78, 5) is 1.15. The summed E-state index contributed by atoms with van der Waals surface area (Å²) in [6.45, 7) is 4.18. The van der Waals surface area contributed by atoms with Crippen LogP contribution in [-0.2, 0) is 0 Å². The number of thioether (sulfide) groups is 1. The molecule has 0 saturated carbocycles. The molecular weight excluding hydrogens is 344 g/mol. The van der Waals surface area contributed by atoms with E-state index < -0.39 is 0 Å².